The number of hydrogen-bond donors (Lipinski definition) is 1. The first-order chi connectivity index (χ1) is 7.19. The number of nitrogens with two attached hydrogens (primary N) is 1. The van der Waals surface area contributed by atoms with Crippen LogP contribution in [0, 0.1) is 0 Å². The van der Waals surface area contributed by atoms with Crippen LogP contribution in [0.5, 0.6) is 0 Å². The Morgan fingerprint density at radius 1 is 1.60 bits per heavy atom. The number of aromatic nitrogens is 1. The zero-order chi connectivity index (χ0) is 11.3. The monoisotopic (exact) mass is 229 g/mol. The number of likely N-dealkylation sites (N-methyl/N-ethyl adjacent to an activating group) is 1. The topological polar surface area (TPSA) is 51.4 Å². The van der Waals surface area contributed by atoms with E-state index in [1.54, 1.807) is 19.4 Å². The summed E-state index contributed by atoms with van der Waals surface area (Å²) in [7, 11) is 1.67. The maximum absolute atomic E-state index is 5.84. The fourth-order valence-corrected chi connectivity index (χ4v) is 1.49. The van der Waals surface area contributed by atoms with Gasteiger partial charge in [-0.25, -0.2) is 4.98 Å². The van der Waals surface area contributed by atoms with Gasteiger partial charge in [-0.2, -0.15) is 0 Å². The summed E-state index contributed by atoms with van der Waals surface area (Å²) in [5, 5.41) is 0.555. The molecule has 0 aliphatic rings. The molecule has 0 atom stereocenters. The largest absolute Gasteiger partial charge is 0.396 e. The summed E-state index contributed by atoms with van der Waals surface area (Å²) < 4.78 is 5.02. The second-order valence-electron chi connectivity index (χ2n) is 3.14. The lowest BCUT2D eigenvalue weighted by molar-refractivity contribution is 0.205. The highest BCUT2D eigenvalue weighted by Crippen LogP contribution is 2.22. The van der Waals surface area contributed by atoms with Crippen LogP contribution in [0.1, 0.15) is 6.92 Å². The Morgan fingerprint density at radius 2 is 2.33 bits per heavy atom. The van der Waals surface area contributed by atoms with Crippen LogP contribution in [0.4, 0.5) is 11.5 Å². The zero-order valence-corrected chi connectivity index (χ0v) is 9.79. The van der Waals surface area contributed by atoms with Crippen LogP contribution in [0.15, 0.2) is 12.3 Å². The minimum absolute atomic E-state index is 0.555. The van der Waals surface area contributed by atoms with Crippen LogP contribution >= 0.6 is 11.6 Å². The van der Waals surface area contributed by atoms with Crippen LogP contribution in [0.3, 0.4) is 0 Å². The SMILES string of the molecule is CCN(CCOC)c1ncc(Cl)cc1N. The standard InChI is InChI=1S/C10H16ClN3O/c1-3-14(4-5-15-2)10-9(12)6-8(11)7-13-10/h6-7H,3-5,12H2,1-2H3. The van der Waals surface area contributed by atoms with E-state index >= 15 is 0 Å². The van der Waals surface area contributed by atoms with Crippen molar-refractivity contribution in [2.75, 3.05) is 37.4 Å². The molecular formula is C10H16ClN3O. The van der Waals surface area contributed by atoms with E-state index < -0.39 is 0 Å². The molecule has 0 aliphatic carbocycles. The first kappa shape index (κ1) is 12.1. The Morgan fingerprint density at radius 3 is 2.87 bits per heavy atom. The molecule has 0 aromatic carbocycles. The first-order valence-electron chi connectivity index (χ1n) is 4.84. The van der Waals surface area contributed by atoms with Crippen molar-refractivity contribution < 1.29 is 4.74 Å². The Kier molecular flexibility index (Phi) is 4.65. The molecular weight excluding hydrogens is 214 g/mol. The number of pyridine rings is 1. The number of halogens is 1. The number of hydrogen-bond acceptors (Lipinski definition) is 4. The highest BCUT2D eigenvalue weighted by molar-refractivity contribution is 6.30. The van der Waals surface area contributed by atoms with Crippen molar-refractivity contribution in [3.05, 3.63) is 17.3 Å². The number of anilines is 2. The van der Waals surface area contributed by atoms with Gasteiger partial charge in [0.15, 0.2) is 5.82 Å². The third-order valence-electron chi connectivity index (χ3n) is 2.11. The zero-order valence-electron chi connectivity index (χ0n) is 9.03. The van der Waals surface area contributed by atoms with Gasteiger partial charge in [0.2, 0.25) is 0 Å². The van der Waals surface area contributed by atoms with Gasteiger partial charge in [0.1, 0.15) is 0 Å². The van der Waals surface area contributed by atoms with Gasteiger partial charge in [0.25, 0.3) is 0 Å². The minimum Gasteiger partial charge on any atom is -0.396 e. The second-order valence-corrected chi connectivity index (χ2v) is 3.58. The van der Waals surface area contributed by atoms with E-state index in [2.05, 4.69) is 9.88 Å². The van der Waals surface area contributed by atoms with Crippen LogP contribution in [-0.4, -0.2) is 31.8 Å². The fraction of sp³-hybridized carbons (Fsp3) is 0.500. The van der Waals surface area contributed by atoms with Gasteiger partial charge in [0, 0.05) is 26.4 Å². The van der Waals surface area contributed by atoms with E-state index in [0.717, 1.165) is 18.9 Å². The third-order valence-corrected chi connectivity index (χ3v) is 2.32. The number of nitrogens with zero attached hydrogens (tertiary/aromatic N) is 2. The van der Waals surface area contributed by atoms with E-state index in [4.69, 9.17) is 22.1 Å². The highest BCUT2D eigenvalue weighted by atomic mass is 35.5. The summed E-state index contributed by atoms with van der Waals surface area (Å²) in [5.41, 5.74) is 6.44. The quantitative estimate of drug-likeness (QED) is 0.837. The van der Waals surface area contributed by atoms with E-state index in [9.17, 15) is 0 Å². The molecule has 0 aliphatic heterocycles. The maximum atomic E-state index is 5.84. The molecule has 84 valence electrons. The summed E-state index contributed by atoms with van der Waals surface area (Å²) in [4.78, 5) is 6.27. The van der Waals surface area contributed by atoms with Gasteiger partial charge < -0.3 is 15.4 Å². The molecule has 0 spiro atoms. The van der Waals surface area contributed by atoms with E-state index in [1.807, 2.05) is 6.92 Å². The number of nitrogen functional groups attached to an aromatic ring is 1. The Labute approximate surface area is 95.0 Å². The van der Waals surface area contributed by atoms with E-state index in [-0.39, 0.29) is 0 Å². The molecule has 5 heteroatoms. The highest BCUT2D eigenvalue weighted by Gasteiger charge is 2.09. The average Bonchev–Trinajstić information content (AvgIpc) is 2.21. The summed E-state index contributed by atoms with van der Waals surface area (Å²) in [6, 6.07) is 1.71. The van der Waals surface area contributed by atoms with Gasteiger partial charge in [0.05, 0.1) is 17.3 Å². The van der Waals surface area contributed by atoms with Gasteiger partial charge in [-0.1, -0.05) is 11.6 Å². The van der Waals surface area contributed by atoms with Crippen molar-refractivity contribution in [2.45, 2.75) is 6.92 Å². The van der Waals surface area contributed by atoms with E-state index in [0.29, 0.717) is 17.3 Å². The summed E-state index contributed by atoms with van der Waals surface area (Å²) in [5.74, 6) is 0.763. The first-order valence-corrected chi connectivity index (χ1v) is 5.21. The summed E-state index contributed by atoms with van der Waals surface area (Å²) >= 11 is 5.78. The fourth-order valence-electron chi connectivity index (χ4n) is 1.33. The molecule has 0 saturated carbocycles. The molecule has 0 unspecified atom stereocenters. The lowest BCUT2D eigenvalue weighted by atomic mass is 10.3. The van der Waals surface area contributed by atoms with Crippen molar-refractivity contribution in [1.29, 1.82) is 0 Å². The molecule has 2 N–H and O–H groups in total. The molecule has 0 bridgehead atoms. The Balaban J connectivity index is 2.81. The molecule has 1 aromatic rings. The minimum atomic E-state index is 0.555. The third kappa shape index (κ3) is 3.25. The molecule has 15 heavy (non-hydrogen) atoms. The van der Waals surface area contributed by atoms with Crippen molar-refractivity contribution in [1.82, 2.24) is 4.98 Å². The predicted molar refractivity (Wildman–Crippen MR) is 63.4 cm³/mol. The molecule has 0 fully saturated rings. The Bertz CT molecular complexity index is 320. The number of ether oxygens (including phenoxy) is 1. The normalized spacial score (nSPS) is 10.3. The second kappa shape index (κ2) is 5.78. The van der Waals surface area contributed by atoms with Gasteiger partial charge in [-0.05, 0) is 13.0 Å². The van der Waals surface area contributed by atoms with E-state index in [1.165, 1.54) is 0 Å². The molecule has 0 amide bonds. The number of rotatable bonds is 5. The van der Waals surface area contributed by atoms with Crippen LogP contribution in [-0.2, 0) is 4.74 Å². The summed E-state index contributed by atoms with van der Waals surface area (Å²) in [6.07, 6.45) is 1.60. The lowest BCUT2D eigenvalue weighted by Crippen LogP contribution is -2.28. The molecule has 0 radical (unpaired) electrons. The summed E-state index contributed by atoms with van der Waals surface area (Å²) in [6.45, 7) is 4.30. The van der Waals surface area contributed by atoms with Gasteiger partial charge in [-0.3, -0.25) is 0 Å². The molecule has 1 aromatic heterocycles. The molecule has 1 rings (SSSR count). The van der Waals surface area contributed by atoms with Crippen molar-refractivity contribution in [2.24, 2.45) is 0 Å². The molecule has 4 nitrogen and oxygen atoms in total. The van der Waals surface area contributed by atoms with Crippen molar-refractivity contribution in [3.63, 3.8) is 0 Å². The molecule has 1 heterocycles. The average molecular weight is 230 g/mol. The van der Waals surface area contributed by atoms with Crippen molar-refractivity contribution >= 4 is 23.1 Å². The number of methoxy groups -OCH3 is 1. The lowest BCUT2D eigenvalue weighted by Gasteiger charge is -2.22. The van der Waals surface area contributed by atoms with Crippen LogP contribution in [0.25, 0.3) is 0 Å². The van der Waals surface area contributed by atoms with Crippen molar-refractivity contribution in [3.8, 4) is 0 Å². The van der Waals surface area contributed by atoms with Crippen LogP contribution in [0.2, 0.25) is 5.02 Å². The predicted octanol–water partition coefficient (Wildman–Crippen LogP) is 1.79. The van der Waals surface area contributed by atoms with Crippen LogP contribution < -0.4 is 10.6 Å². The van der Waals surface area contributed by atoms with Gasteiger partial charge >= 0.3 is 0 Å². The smallest absolute Gasteiger partial charge is 0.151 e. The Hall–Kier alpha value is -1.00. The van der Waals surface area contributed by atoms with Gasteiger partial charge in [-0.15, -0.1) is 0 Å². The maximum Gasteiger partial charge on any atom is 0.151 e. The molecule has 0 saturated heterocycles.